The van der Waals surface area contributed by atoms with E-state index in [0.717, 1.165) is 12.8 Å². The summed E-state index contributed by atoms with van der Waals surface area (Å²) in [6, 6.07) is 0. The maximum absolute atomic E-state index is 11.1. The minimum Gasteiger partial charge on any atom is -0.391 e. The summed E-state index contributed by atoms with van der Waals surface area (Å²) in [6.07, 6.45) is 7.78. The molecule has 14 heavy (non-hydrogen) atoms. The number of aliphatic hydroxyl groups excluding tert-OH is 1. The summed E-state index contributed by atoms with van der Waals surface area (Å²) in [6.45, 7) is 3.80. The second-order valence-electron chi connectivity index (χ2n) is 4.19. The van der Waals surface area contributed by atoms with Crippen LogP contribution in [0, 0.1) is 0 Å². The molecule has 0 aromatic carbocycles. The van der Waals surface area contributed by atoms with Crippen LogP contribution in [-0.2, 0) is 5.11 Å². The van der Waals surface area contributed by atoms with Crippen LogP contribution in [0.25, 0.3) is 0 Å². The lowest BCUT2D eigenvalue weighted by molar-refractivity contribution is -0.0217. The summed E-state index contributed by atoms with van der Waals surface area (Å²) in [7, 11) is 0. The van der Waals surface area contributed by atoms with E-state index >= 15 is 0 Å². The zero-order chi connectivity index (χ0) is 10.8. The van der Waals surface area contributed by atoms with Gasteiger partial charge in [-0.05, 0) is 13.3 Å². The fourth-order valence-corrected chi connectivity index (χ4v) is 1.54. The molecule has 0 aromatic rings. The van der Waals surface area contributed by atoms with E-state index in [1.807, 2.05) is 0 Å². The van der Waals surface area contributed by atoms with E-state index in [4.69, 9.17) is 5.11 Å². The van der Waals surface area contributed by atoms with Gasteiger partial charge in [-0.3, -0.25) is 0 Å². The van der Waals surface area contributed by atoms with E-state index in [1.165, 1.54) is 32.1 Å². The predicted octanol–water partition coefficient (Wildman–Crippen LogP) is 3.31. The van der Waals surface area contributed by atoms with E-state index < -0.39 is 12.2 Å². The Labute approximate surface area is 88.3 Å². The summed E-state index contributed by atoms with van der Waals surface area (Å²) in [4.78, 5) is 0. The Bertz CT molecular complexity index is 113. The van der Waals surface area contributed by atoms with Gasteiger partial charge in [0.25, 0.3) is 0 Å². The first-order chi connectivity index (χ1) is 6.68. The third-order valence-electron chi connectivity index (χ3n) is 2.63. The molecular weight excluding hydrogens is 176 g/mol. The first kappa shape index (κ1) is 13.9. The van der Waals surface area contributed by atoms with Gasteiger partial charge < -0.3 is 5.11 Å². The second kappa shape index (κ2) is 9.47. The Balaban J connectivity index is 3.06. The molecule has 1 radical (unpaired) electrons. The van der Waals surface area contributed by atoms with E-state index in [-0.39, 0.29) is 0 Å². The van der Waals surface area contributed by atoms with Crippen molar-refractivity contribution in [3.8, 4) is 0 Å². The van der Waals surface area contributed by atoms with Gasteiger partial charge in [0, 0.05) is 0 Å². The van der Waals surface area contributed by atoms with Crippen molar-refractivity contribution in [2.24, 2.45) is 0 Å². The standard InChI is InChI=1S/C12H25O2/c1-3-4-5-6-7-8-9-10-12(14)11(2)13/h11-13H,3-10H2,1-2H3. The van der Waals surface area contributed by atoms with Crippen LogP contribution in [0.2, 0.25) is 0 Å². The van der Waals surface area contributed by atoms with Crippen molar-refractivity contribution in [1.29, 1.82) is 0 Å². The Morgan fingerprint density at radius 2 is 1.50 bits per heavy atom. The van der Waals surface area contributed by atoms with Gasteiger partial charge in [0.2, 0.25) is 0 Å². The van der Waals surface area contributed by atoms with Gasteiger partial charge in [0.15, 0.2) is 0 Å². The highest BCUT2D eigenvalue weighted by Gasteiger charge is 2.11. The lowest BCUT2D eigenvalue weighted by atomic mass is 10.0. The molecule has 0 rings (SSSR count). The van der Waals surface area contributed by atoms with Crippen LogP contribution < -0.4 is 0 Å². The third-order valence-corrected chi connectivity index (χ3v) is 2.63. The molecular formula is C12H25O2. The van der Waals surface area contributed by atoms with Gasteiger partial charge >= 0.3 is 0 Å². The Morgan fingerprint density at radius 1 is 1.00 bits per heavy atom. The topological polar surface area (TPSA) is 40.1 Å². The molecule has 0 aliphatic heterocycles. The van der Waals surface area contributed by atoms with Crippen molar-refractivity contribution in [3.05, 3.63) is 0 Å². The fraction of sp³-hybridized carbons (Fsp3) is 1.00. The number of hydrogen-bond acceptors (Lipinski definition) is 1. The molecule has 0 amide bonds. The van der Waals surface area contributed by atoms with Gasteiger partial charge in [-0.15, -0.1) is 0 Å². The fourth-order valence-electron chi connectivity index (χ4n) is 1.54. The first-order valence-electron chi connectivity index (χ1n) is 6.02. The van der Waals surface area contributed by atoms with Crippen molar-refractivity contribution < 1.29 is 10.2 Å². The van der Waals surface area contributed by atoms with Crippen molar-refractivity contribution in [3.63, 3.8) is 0 Å². The van der Waals surface area contributed by atoms with Crippen LogP contribution in [-0.4, -0.2) is 17.3 Å². The number of unbranched alkanes of at least 4 members (excludes halogenated alkanes) is 6. The van der Waals surface area contributed by atoms with Crippen LogP contribution in [0.3, 0.4) is 0 Å². The van der Waals surface area contributed by atoms with Crippen LogP contribution in [0.5, 0.6) is 0 Å². The average molecular weight is 201 g/mol. The number of aliphatic hydroxyl groups is 1. The Morgan fingerprint density at radius 3 is 2.00 bits per heavy atom. The van der Waals surface area contributed by atoms with Gasteiger partial charge in [-0.25, -0.2) is 5.11 Å². The molecule has 0 bridgehead atoms. The normalized spacial score (nSPS) is 15.4. The van der Waals surface area contributed by atoms with Gasteiger partial charge in [-0.1, -0.05) is 51.9 Å². The van der Waals surface area contributed by atoms with Crippen molar-refractivity contribution in [2.75, 3.05) is 0 Å². The zero-order valence-electron chi connectivity index (χ0n) is 9.67. The molecule has 2 heteroatoms. The van der Waals surface area contributed by atoms with E-state index in [2.05, 4.69) is 6.92 Å². The maximum Gasteiger partial charge on any atom is 0.118 e. The molecule has 2 atom stereocenters. The molecule has 0 fully saturated rings. The molecule has 0 spiro atoms. The van der Waals surface area contributed by atoms with E-state index in [1.54, 1.807) is 6.92 Å². The molecule has 2 unspecified atom stereocenters. The molecule has 0 saturated heterocycles. The second-order valence-corrected chi connectivity index (χ2v) is 4.19. The highest BCUT2D eigenvalue weighted by atomic mass is 16.3. The van der Waals surface area contributed by atoms with Crippen molar-refractivity contribution in [2.45, 2.75) is 77.4 Å². The molecule has 0 aromatic heterocycles. The molecule has 0 aliphatic rings. The Hall–Kier alpha value is -0.0800. The lowest BCUT2D eigenvalue weighted by Gasteiger charge is -2.10. The molecule has 1 N–H and O–H groups in total. The van der Waals surface area contributed by atoms with E-state index in [9.17, 15) is 5.11 Å². The predicted molar refractivity (Wildman–Crippen MR) is 58.8 cm³/mol. The van der Waals surface area contributed by atoms with Crippen LogP contribution in [0.15, 0.2) is 0 Å². The number of hydrogen-bond donors (Lipinski definition) is 1. The SMILES string of the molecule is CCCCCCCCCC([O])C(C)O. The molecule has 0 saturated carbocycles. The minimum absolute atomic E-state index is 0.630. The highest BCUT2D eigenvalue weighted by molar-refractivity contribution is 4.61. The van der Waals surface area contributed by atoms with Crippen LogP contribution in [0.4, 0.5) is 0 Å². The third kappa shape index (κ3) is 8.52. The Kier molecular flexibility index (Phi) is 9.42. The first-order valence-corrected chi connectivity index (χ1v) is 6.02. The summed E-state index contributed by atoms with van der Waals surface area (Å²) >= 11 is 0. The van der Waals surface area contributed by atoms with E-state index in [0.29, 0.717) is 6.42 Å². The van der Waals surface area contributed by atoms with Crippen molar-refractivity contribution >= 4 is 0 Å². The zero-order valence-corrected chi connectivity index (χ0v) is 9.67. The smallest absolute Gasteiger partial charge is 0.118 e. The quantitative estimate of drug-likeness (QED) is 0.571. The minimum atomic E-state index is -0.773. The van der Waals surface area contributed by atoms with Gasteiger partial charge in [0.1, 0.15) is 6.10 Å². The van der Waals surface area contributed by atoms with Crippen LogP contribution in [0.1, 0.15) is 65.2 Å². The summed E-state index contributed by atoms with van der Waals surface area (Å²) in [5, 5.41) is 20.1. The summed E-state index contributed by atoms with van der Waals surface area (Å²) < 4.78 is 0. The largest absolute Gasteiger partial charge is 0.391 e. The van der Waals surface area contributed by atoms with Gasteiger partial charge in [0.05, 0.1) is 6.10 Å². The lowest BCUT2D eigenvalue weighted by Crippen LogP contribution is -2.20. The van der Waals surface area contributed by atoms with Crippen LogP contribution >= 0.6 is 0 Å². The molecule has 0 aliphatic carbocycles. The number of rotatable bonds is 9. The maximum atomic E-state index is 11.1. The molecule has 85 valence electrons. The summed E-state index contributed by atoms with van der Waals surface area (Å²) in [5.74, 6) is 0. The van der Waals surface area contributed by atoms with Crippen molar-refractivity contribution in [1.82, 2.24) is 0 Å². The van der Waals surface area contributed by atoms with Gasteiger partial charge in [-0.2, -0.15) is 0 Å². The highest BCUT2D eigenvalue weighted by Crippen LogP contribution is 2.11. The molecule has 0 heterocycles. The average Bonchev–Trinajstić information content (AvgIpc) is 2.16. The monoisotopic (exact) mass is 201 g/mol. The summed E-state index contributed by atoms with van der Waals surface area (Å²) in [5.41, 5.74) is 0. The molecule has 2 nitrogen and oxygen atoms in total.